The molecule has 1 aromatic carbocycles. The molecule has 0 heterocycles. The van der Waals surface area contributed by atoms with E-state index in [2.05, 4.69) is 5.32 Å². The van der Waals surface area contributed by atoms with E-state index in [9.17, 15) is 4.79 Å². The van der Waals surface area contributed by atoms with Crippen LogP contribution in [-0.4, -0.2) is 26.2 Å². The summed E-state index contributed by atoms with van der Waals surface area (Å²) < 4.78 is 4.87. The zero-order valence-electron chi connectivity index (χ0n) is 10.2. The molecule has 0 aliphatic carbocycles. The van der Waals surface area contributed by atoms with Crippen LogP contribution in [0.4, 0.5) is 0 Å². The van der Waals surface area contributed by atoms with Crippen LogP contribution in [0.15, 0.2) is 24.3 Å². The summed E-state index contributed by atoms with van der Waals surface area (Å²) in [6.45, 7) is 3.13. The van der Waals surface area contributed by atoms with Gasteiger partial charge in [-0.2, -0.15) is 0 Å². The molecule has 0 aliphatic rings. The molecule has 0 radical (unpaired) electrons. The van der Waals surface area contributed by atoms with Gasteiger partial charge in [0, 0.05) is 25.1 Å². The van der Waals surface area contributed by atoms with Crippen molar-refractivity contribution < 1.29 is 9.53 Å². The van der Waals surface area contributed by atoms with Gasteiger partial charge in [0.25, 0.3) is 0 Å². The van der Waals surface area contributed by atoms with E-state index in [0.717, 1.165) is 5.56 Å². The molecule has 1 atom stereocenters. The van der Waals surface area contributed by atoms with Crippen molar-refractivity contribution in [1.29, 1.82) is 0 Å². The standard InChI is InChI=1S/C13H18ClNO2/c1-10(9-13(16)15-7-8-17-2)11-3-5-12(14)6-4-11/h3-6,10H,7-9H2,1-2H3,(H,15,16)/t10-/m0/s1. The molecule has 3 nitrogen and oxygen atoms in total. The second kappa shape index (κ2) is 7.30. The predicted octanol–water partition coefficient (Wildman–Crippen LogP) is 2.60. The van der Waals surface area contributed by atoms with Gasteiger partial charge in [0.1, 0.15) is 0 Å². The fraction of sp³-hybridized carbons (Fsp3) is 0.462. The molecular weight excluding hydrogens is 238 g/mol. The highest BCUT2D eigenvalue weighted by atomic mass is 35.5. The van der Waals surface area contributed by atoms with Gasteiger partial charge in [-0.05, 0) is 23.6 Å². The van der Waals surface area contributed by atoms with Gasteiger partial charge in [-0.15, -0.1) is 0 Å². The van der Waals surface area contributed by atoms with Crippen LogP contribution in [0.25, 0.3) is 0 Å². The van der Waals surface area contributed by atoms with Crippen LogP contribution in [0.3, 0.4) is 0 Å². The highest BCUT2D eigenvalue weighted by molar-refractivity contribution is 6.30. The molecule has 0 unspecified atom stereocenters. The van der Waals surface area contributed by atoms with Gasteiger partial charge in [0.05, 0.1) is 6.61 Å². The van der Waals surface area contributed by atoms with Crippen LogP contribution < -0.4 is 5.32 Å². The van der Waals surface area contributed by atoms with Crippen molar-refractivity contribution >= 4 is 17.5 Å². The number of hydrogen-bond donors (Lipinski definition) is 1. The third kappa shape index (κ3) is 5.20. The maximum absolute atomic E-state index is 11.6. The maximum Gasteiger partial charge on any atom is 0.220 e. The molecule has 1 N–H and O–H groups in total. The molecule has 1 aromatic rings. The molecule has 1 rings (SSSR count). The maximum atomic E-state index is 11.6. The Morgan fingerprint density at radius 3 is 2.65 bits per heavy atom. The second-order valence-electron chi connectivity index (χ2n) is 4.00. The summed E-state index contributed by atoms with van der Waals surface area (Å²) in [4.78, 5) is 11.6. The SMILES string of the molecule is COCCNC(=O)C[C@H](C)c1ccc(Cl)cc1. The summed E-state index contributed by atoms with van der Waals surface area (Å²) in [6, 6.07) is 7.59. The fourth-order valence-corrected chi connectivity index (χ4v) is 1.68. The van der Waals surface area contributed by atoms with Gasteiger partial charge >= 0.3 is 0 Å². The van der Waals surface area contributed by atoms with Gasteiger partial charge in [0.2, 0.25) is 5.91 Å². The Labute approximate surface area is 107 Å². The van der Waals surface area contributed by atoms with Gasteiger partial charge < -0.3 is 10.1 Å². The van der Waals surface area contributed by atoms with E-state index >= 15 is 0 Å². The molecule has 0 aliphatic heterocycles. The average molecular weight is 256 g/mol. The number of halogens is 1. The highest BCUT2D eigenvalue weighted by Gasteiger charge is 2.10. The quantitative estimate of drug-likeness (QED) is 0.794. The number of benzene rings is 1. The van der Waals surface area contributed by atoms with Gasteiger partial charge in [-0.25, -0.2) is 0 Å². The van der Waals surface area contributed by atoms with Crippen molar-refractivity contribution in [2.24, 2.45) is 0 Å². The Morgan fingerprint density at radius 1 is 1.41 bits per heavy atom. The summed E-state index contributed by atoms with van der Waals surface area (Å²) >= 11 is 5.81. The average Bonchev–Trinajstić information content (AvgIpc) is 2.30. The molecule has 0 fully saturated rings. The minimum atomic E-state index is 0.0458. The lowest BCUT2D eigenvalue weighted by Crippen LogP contribution is -2.27. The Morgan fingerprint density at radius 2 is 2.06 bits per heavy atom. The number of hydrogen-bond acceptors (Lipinski definition) is 2. The molecule has 0 spiro atoms. The van der Waals surface area contributed by atoms with Crippen LogP contribution >= 0.6 is 11.6 Å². The zero-order valence-corrected chi connectivity index (χ0v) is 11.0. The Bertz CT molecular complexity index is 351. The molecule has 0 aromatic heterocycles. The molecule has 94 valence electrons. The van der Waals surface area contributed by atoms with E-state index in [1.807, 2.05) is 31.2 Å². The van der Waals surface area contributed by atoms with Crippen molar-refractivity contribution in [3.8, 4) is 0 Å². The largest absolute Gasteiger partial charge is 0.383 e. The minimum absolute atomic E-state index is 0.0458. The first-order valence-electron chi connectivity index (χ1n) is 5.64. The predicted molar refractivity (Wildman–Crippen MR) is 69.4 cm³/mol. The lowest BCUT2D eigenvalue weighted by molar-refractivity contribution is -0.121. The summed E-state index contributed by atoms with van der Waals surface area (Å²) in [6.07, 6.45) is 0.478. The van der Waals surface area contributed by atoms with Crippen molar-refractivity contribution in [1.82, 2.24) is 5.32 Å². The highest BCUT2D eigenvalue weighted by Crippen LogP contribution is 2.20. The van der Waals surface area contributed by atoms with E-state index in [0.29, 0.717) is 24.6 Å². The van der Waals surface area contributed by atoms with Crippen molar-refractivity contribution in [2.75, 3.05) is 20.3 Å². The normalized spacial score (nSPS) is 12.2. The zero-order chi connectivity index (χ0) is 12.7. The summed E-state index contributed by atoms with van der Waals surface area (Å²) in [7, 11) is 1.61. The number of amides is 1. The molecule has 0 bridgehead atoms. The third-order valence-electron chi connectivity index (χ3n) is 2.56. The number of carbonyl (C=O) groups excluding carboxylic acids is 1. The third-order valence-corrected chi connectivity index (χ3v) is 2.81. The van der Waals surface area contributed by atoms with Gasteiger partial charge in [-0.1, -0.05) is 30.7 Å². The summed E-state index contributed by atoms with van der Waals surface area (Å²) in [5.41, 5.74) is 1.12. The molecular formula is C13H18ClNO2. The van der Waals surface area contributed by atoms with Crippen molar-refractivity contribution in [3.05, 3.63) is 34.9 Å². The lowest BCUT2D eigenvalue weighted by Gasteiger charge is -2.12. The fourth-order valence-electron chi connectivity index (χ4n) is 1.55. The monoisotopic (exact) mass is 255 g/mol. The number of methoxy groups -OCH3 is 1. The lowest BCUT2D eigenvalue weighted by atomic mass is 9.97. The molecule has 17 heavy (non-hydrogen) atoms. The van der Waals surface area contributed by atoms with Gasteiger partial charge in [-0.3, -0.25) is 4.79 Å². The van der Waals surface area contributed by atoms with E-state index in [-0.39, 0.29) is 11.8 Å². The molecule has 4 heteroatoms. The first kappa shape index (κ1) is 14.0. The van der Waals surface area contributed by atoms with Crippen LogP contribution in [0.5, 0.6) is 0 Å². The number of ether oxygens (including phenoxy) is 1. The Kier molecular flexibility index (Phi) is 6.01. The second-order valence-corrected chi connectivity index (χ2v) is 4.44. The topological polar surface area (TPSA) is 38.3 Å². The molecule has 0 saturated carbocycles. The molecule has 0 saturated heterocycles. The van der Waals surface area contributed by atoms with E-state index in [1.165, 1.54) is 0 Å². The minimum Gasteiger partial charge on any atom is -0.383 e. The van der Waals surface area contributed by atoms with Crippen LogP contribution in [-0.2, 0) is 9.53 Å². The summed E-state index contributed by atoms with van der Waals surface area (Å²) in [5, 5.41) is 3.52. The van der Waals surface area contributed by atoms with E-state index in [4.69, 9.17) is 16.3 Å². The first-order chi connectivity index (χ1) is 8.13. The van der Waals surface area contributed by atoms with Crippen molar-refractivity contribution in [3.63, 3.8) is 0 Å². The van der Waals surface area contributed by atoms with E-state index in [1.54, 1.807) is 7.11 Å². The first-order valence-corrected chi connectivity index (χ1v) is 6.02. The number of nitrogens with one attached hydrogen (secondary N) is 1. The number of carbonyl (C=O) groups is 1. The van der Waals surface area contributed by atoms with Crippen LogP contribution in [0.2, 0.25) is 5.02 Å². The van der Waals surface area contributed by atoms with Gasteiger partial charge in [0.15, 0.2) is 0 Å². The number of rotatable bonds is 6. The smallest absolute Gasteiger partial charge is 0.220 e. The summed E-state index contributed by atoms with van der Waals surface area (Å²) in [5.74, 6) is 0.235. The Balaban J connectivity index is 2.40. The Hall–Kier alpha value is -1.06. The van der Waals surface area contributed by atoms with Crippen LogP contribution in [0, 0.1) is 0 Å². The van der Waals surface area contributed by atoms with Crippen LogP contribution in [0.1, 0.15) is 24.8 Å². The molecule has 1 amide bonds. The van der Waals surface area contributed by atoms with Crippen molar-refractivity contribution in [2.45, 2.75) is 19.3 Å². The van der Waals surface area contributed by atoms with E-state index < -0.39 is 0 Å².